The van der Waals surface area contributed by atoms with Crippen molar-refractivity contribution in [3.05, 3.63) is 58.5 Å². The highest BCUT2D eigenvalue weighted by Crippen LogP contribution is 2.36. The SMILES string of the molecule is FC(F)(F)c1ccc(Nc2ncnc3sc(Nc4c(Cl)cccc4Cl)nc23)nc1. The molecule has 0 unspecified atom stereocenters. The molecule has 4 aromatic rings. The van der Waals surface area contributed by atoms with Crippen LogP contribution in [0.2, 0.25) is 10.0 Å². The molecular weight excluding hydrogens is 448 g/mol. The Labute approximate surface area is 175 Å². The van der Waals surface area contributed by atoms with Crippen LogP contribution in [0.15, 0.2) is 42.9 Å². The Kier molecular flexibility index (Phi) is 5.15. The van der Waals surface area contributed by atoms with Gasteiger partial charge < -0.3 is 10.6 Å². The van der Waals surface area contributed by atoms with E-state index in [1.54, 1.807) is 18.2 Å². The third-order valence-corrected chi connectivity index (χ3v) is 5.24. The molecule has 0 aliphatic rings. The maximum Gasteiger partial charge on any atom is 0.417 e. The van der Waals surface area contributed by atoms with Crippen LogP contribution >= 0.6 is 34.5 Å². The van der Waals surface area contributed by atoms with E-state index in [9.17, 15) is 13.2 Å². The first-order valence-electron chi connectivity index (χ1n) is 7.94. The van der Waals surface area contributed by atoms with E-state index in [4.69, 9.17) is 23.2 Å². The molecule has 0 bridgehead atoms. The van der Waals surface area contributed by atoms with Gasteiger partial charge in [-0.05, 0) is 24.3 Å². The van der Waals surface area contributed by atoms with Gasteiger partial charge in [0.1, 0.15) is 17.7 Å². The van der Waals surface area contributed by atoms with Gasteiger partial charge in [0.15, 0.2) is 15.8 Å². The Hall–Kier alpha value is -2.69. The fourth-order valence-electron chi connectivity index (χ4n) is 2.38. The number of para-hydroxylation sites is 1. The minimum absolute atomic E-state index is 0.189. The molecular formula is C17H9Cl2F3N6S. The number of fused-ring (bicyclic) bond motifs is 1. The minimum atomic E-state index is -4.46. The highest BCUT2D eigenvalue weighted by atomic mass is 35.5. The predicted octanol–water partition coefficient (Wildman–Crippen LogP) is 6.29. The first-order valence-corrected chi connectivity index (χ1v) is 9.51. The summed E-state index contributed by atoms with van der Waals surface area (Å²) in [6.45, 7) is 0. The Morgan fingerprint density at radius 1 is 0.931 bits per heavy atom. The normalized spacial score (nSPS) is 11.6. The van der Waals surface area contributed by atoms with Gasteiger partial charge in [-0.1, -0.05) is 40.6 Å². The molecule has 6 nitrogen and oxygen atoms in total. The van der Waals surface area contributed by atoms with E-state index >= 15 is 0 Å². The summed E-state index contributed by atoms with van der Waals surface area (Å²) in [5.41, 5.74) is 0.0827. The van der Waals surface area contributed by atoms with Crippen LogP contribution < -0.4 is 10.6 Å². The van der Waals surface area contributed by atoms with Gasteiger partial charge in [-0.3, -0.25) is 0 Å². The van der Waals surface area contributed by atoms with E-state index < -0.39 is 11.7 Å². The van der Waals surface area contributed by atoms with E-state index in [2.05, 4.69) is 30.6 Å². The molecule has 0 fully saturated rings. The second-order valence-corrected chi connectivity index (χ2v) is 7.46. The summed E-state index contributed by atoms with van der Waals surface area (Å²) in [6.07, 6.45) is -2.39. The van der Waals surface area contributed by atoms with Crippen molar-refractivity contribution in [2.24, 2.45) is 0 Å². The monoisotopic (exact) mass is 456 g/mol. The average Bonchev–Trinajstić information content (AvgIpc) is 3.08. The number of thiazole rings is 1. The van der Waals surface area contributed by atoms with Crippen LogP contribution in [0.5, 0.6) is 0 Å². The maximum atomic E-state index is 12.7. The number of alkyl halides is 3. The van der Waals surface area contributed by atoms with Gasteiger partial charge in [-0.2, -0.15) is 13.2 Å². The zero-order valence-electron chi connectivity index (χ0n) is 14.1. The van der Waals surface area contributed by atoms with Gasteiger partial charge >= 0.3 is 6.18 Å². The molecule has 0 amide bonds. The molecule has 12 heteroatoms. The molecule has 29 heavy (non-hydrogen) atoms. The predicted molar refractivity (Wildman–Crippen MR) is 107 cm³/mol. The summed E-state index contributed by atoms with van der Waals surface area (Å²) in [4.78, 5) is 17.0. The highest BCUT2D eigenvalue weighted by molar-refractivity contribution is 7.21. The van der Waals surface area contributed by atoms with Crippen LogP contribution in [0.1, 0.15) is 5.56 Å². The Morgan fingerprint density at radius 2 is 1.69 bits per heavy atom. The molecule has 0 spiro atoms. The lowest BCUT2D eigenvalue weighted by Gasteiger charge is -2.08. The molecule has 2 N–H and O–H groups in total. The number of hydrogen-bond acceptors (Lipinski definition) is 7. The standard InChI is InChI=1S/C17H9Cl2F3N6S/c18-9-2-1-3-10(19)12(9)27-16-28-13-14(24-7-25-15(13)29-16)26-11-5-4-8(6-23-11)17(20,21)22/h1-7H,(H,27,28)(H,23,24,25,26). The van der Waals surface area contributed by atoms with Gasteiger partial charge in [0.25, 0.3) is 0 Å². The third kappa shape index (κ3) is 4.19. The molecule has 0 saturated heterocycles. The Balaban J connectivity index is 1.63. The van der Waals surface area contributed by atoms with Crippen molar-refractivity contribution >= 4 is 67.3 Å². The Bertz CT molecular complexity index is 1160. The summed E-state index contributed by atoms with van der Waals surface area (Å²) in [6, 6.07) is 7.24. The topological polar surface area (TPSA) is 75.6 Å². The molecule has 148 valence electrons. The number of benzene rings is 1. The second kappa shape index (κ2) is 7.62. The lowest BCUT2D eigenvalue weighted by molar-refractivity contribution is -0.137. The van der Waals surface area contributed by atoms with Crippen LogP contribution in [0, 0.1) is 0 Å². The zero-order valence-corrected chi connectivity index (χ0v) is 16.5. The van der Waals surface area contributed by atoms with Gasteiger partial charge in [-0.15, -0.1) is 0 Å². The van der Waals surface area contributed by atoms with Crippen LogP contribution in [0.3, 0.4) is 0 Å². The lowest BCUT2D eigenvalue weighted by atomic mass is 10.3. The van der Waals surface area contributed by atoms with Crippen molar-refractivity contribution in [2.45, 2.75) is 6.18 Å². The van der Waals surface area contributed by atoms with Crippen molar-refractivity contribution in [3.63, 3.8) is 0 Å². The summed E-state index contributed by atoms with van der Waals surface area (Å²) >= 11 is 13.6. The number of hydrogen-bond donors (Lipinski definition) is 2. The fourth-order valence-corrected chi connectivity index (χ4v) is 3.68. The second-order valence-electron chi connectivity index (χ2n) is 5.67. The first kappa shape index (κ1) is 19.6. The van der Waals surface area contributed by atoms with Crippen LogP contribution in [0.25, 0.3) is 10.3 Å². The van der Waals surface area contributed by atoms with E-state index in [0.29, 0.717) is 37.0 Å². The molecule has 0 radical (unpaired) electrons. The zero-order chi connectivity index (χ0) is 20.6. The minimum Gasteiger partial charge on any atom is -0.329 e. The summed E-state index contributed by atoms with van der Waals surface area (Å²) in [5, 5.41) is 7.24. The number of pyridine rings is 1. The molecule has 3 aromatic heterocycles. The Morgan fingerprint density at radius 3 is 2.34 bits per heavy atom. The first-order chi connectivity index (χ1) is 13.8. The van der Waals surface area contributed by atoms with Crippen molar-refractivity contribution in [2.75, 3.05) is 10.6 Å². The number of nitrogens with zero attached hydrogens (tertiary/aromatic N) is 4. The highest BCUT2D eigenvalue weighted by Gasteiger charge is 2.30. The third-order valence-electron chi connectivity index (χ3n) is 3.73. The van der Waals surface area contributed by atoms with Crippen molar-refractivity contribution in [3.8, 4) is 0 Å². The number of aromatic nitrogens is 4. The van der Waals surface area contributed by atoms with Crippen molar-refractivity contribution in [1.82, 2.24) is 19.9 Å². The lowest BCUT2D eigenvalue weighted by Crippen LogP contribution is -2.06. The van der Waals surface area contributed by atoms with E-state index in [-0.39, 0.29) is 5.82 Å². The van der Waals surface area contributed by atoms with Gasteiger partial charge in [0.05, 0.1) is 21.3 Å². The molecule has 1 aromatic carbocycles. The number of nitrogens with one attached hydrogen (secondary N) is 2. The quantitative estimate of drug-likeness (QED) is 0.375. The van der Waals surface area contributed by atoms with Gasteiger partial charge in [-0.25, -0.2) is 19.9 Å². The van der Waals surface area contributed by atoms with E-state index in [0.717, 1.165) is 12.3 Å². The van der Waals surface area contributed by atoms with E-state index in [1.165, 1.54) is 23.7 Å². The smallest absolute Gasteiger partial charge is 0.329 e. The maximum absolute atomic E-state index is 12.7. The number of halogens is 5. The fraction of sp³-hybridized carbons (Fsp3) is 0.0588. The molecule has 0 atom stereocenters. The van der Waals surface area contributed by atoms with Crippen LogP contribution in [0.4, 0.5) is 35.6 Å². The summed E-state index contributed by atoms with van der Waals surface area (Å²) < 4.78 is 38.0. The van der Waals surface area contributed by atoms with Gasteiger partial charge in [0.2, 0.25) is 0 Å². The average molecular weight is 457 g/mol. The molecule has 3 heterocycles. The number of rotatable bonds is 4. The number of anilines is 4. The largest absolute Gasteiger partial charge is 0.417 e. The van der Waals surface area contributed by atoms with Crippen LogP contribution in [-0.4, -0.2) is 19.9 Å². The molecule has 0 aliphatic heterocycles. The van der Waals surface area contributed by atoms with Gasteiger partial charge in [0, 0.05) is 6.20 Å². The summed E-state index contributed by atoms with van der Waals surface area (Å²) in [5.74, 6) is 0.492. The van der Waals surface area contributed by atoms with Crippen molar-refractivity contribution in [1.29, 1.82) is 0 Å². The summed E-state index contributed by atoms with van der Waals surface area (Å²) in [7, 11) is 0. The van der Waals surface area contributed by atoms with Crippen molar-refractivity contribution < 1.29 is 13.2 Å². The van der Waals surface area contributed by atoms with E-state index in [1.807, 2.05) is 0 Å². The van der Waals surface area contributed by atoms with Crippen LogP contribution in [-0.2, 0) is 6.18 Å². The molecule has 4 rings (SSSR count). The molecule has 0 saturated carbocycles. The molecule has 0 aliphatic carbocycles.